The highest BCUT2D eigenvalue weighted by Gasteiger charge is 2.18. The van der Waals surface area contributed by atoms with E-state index in [1.165, 1.54) is 6.07 Å². The Kier molecular flexibility index (Phi) is 3.17. The Bertz CT molecular complexity index is 402. The highest BCUT2D eigenvalue weighted by Crippen LogP contribution is 2.22. The normalized spacial score (nSPS) is 15.8. The molecule has 0 atom stereocenters. The molecule has 5 nitrogen and oxygen atoms in total. The molecule has 16 heavy (non-hydrogen) atoms. The lowest BCUT2D eigenvalue weighted by Crippen LogP contribution is -2.48. The Morgan fingerprint density at radius 3 is 2.88 bits per heavy atom. The van der Waals surface area contributed by atoms with Gasteiger partial charge < -0.3 is 10.1 Å². The second kappa shape index (κ2) is 4.59. The Morgan fingerprint density at radius 2 is 2.31 bits per heavy atom. The molecule has 0 bridgehead atoms. The standard InChI is InChI=1S/C11H14N2O3/c1-8-9(7-16-10-5-12-6-10)3-2-4-11(8)13(14)15/h2-4,10,12H,5-7H2,1H3. The van der Waals surface area contributed by atoms with E-state index in [1.807, 2.05) is 6.07 Å². The number of ether oxygens (including phenoxy) is 1. The molecular formula is C11H14N2O3. The Morgan fingerprint density at radius 1 is 1.56 bits per heavy atom. The number of rotatable bonds is 4. The average molecular weight is 222 g/mol. The SMILES string of the molecule is Cc1c(COC2CNC2)cccc1[N+](=O)[O-]. The first-order chi connectivity index (χ1) is 7.68. The fourth-order valence-corrected chi connectivity index (χ4v) is 1.61. The van der Waals surface area contributed by atoms with Gasteiger partial charge in [0.15, 0.2) is 0 Å². The molecule has 0 saturated carbocycles. The number of nitro groups is 1. The predicted octanol–water partition coefficient (Wildman–Crippen LogP) is 1.39. The summed E-state index contributed by atoms with van der Waals surface area (Å²) in [5.41, 5.74) is 1.74. The van der Waals surface area contributed by atoms with Gasteiger partial charge in [0.05, 0.1) is 17.6 Å². The van der Waals surface area contributed by atoms with Gasteiger partial charge in [0.2, 0.25) is 0 Å². The van der Waals surface area contributed by atoms with E-state index >= 15 is 0 Å². The molecule has 0 aromatic heterocycles. The van der Waals surface area contributed by atoms with Crippen LogP contribution in [0.3, 0.4) is 0 Å². The zero-order valence-electron chi connectivity index (χ0n) is 9.10. The van der Waals surface area contributed by atoms with Gasteiger partial charge in [-0.05, 0) is 12.5 Å². The highest BCUT2D eigenvalue weighted by atomic mass is 16.6. The molecule has 5 heteroatoms. The lowest BCUT2D eigenvalue weighted by molar-refractivity contribution is -0.385. The predicted molar refractivity (Wildman–Crippen MR) is 59.3 cm³/mol. The van der Waals surface area contributed by atoms with Gasteiger partial charge in [-0.25, -0.2) is 0 Å². The van der Waals surface area contributed by atoms with Crippen LogP contribution in [0.15, 0.2) is 18.2 Å². The van der Waals surface area contributed by atoms with E-state index in [9.17, 15) is 10.1 Å². The van der Waals surface area contributed by atoms with Crippen molar-refractivity contribution in [3.05, 3.63) is 39.4 Å². The number of benzene rings is 1. The second-order valence-corrected chi connectivity index (χ2v) is 3.91. The van der Waals surface area contributed by atoms with Crippen LogP contribution in [-0.2, 0) is 11.3 Å². The fourth-order valence-electron chi connectivity index (χ4n) is 1.61. The van der Waals surface area contributed by atoms with Crippen molar-refractivity contribution in [2.45, 2.75) is 19.6 Å². The minimum absolute atomic E-state index is 0.160. The van der Waals surface area contributed by atoms with Crippen molar-refractivity contribution in [1.29, 1.82) is 0 Å². The second-order valence-electron chi connectivity index (χ2n) is 3.91. The lowest BCUT2D eigenvalue weighted by Gasteiger charge is -2.27. The van der Waals surface area contributed by atoms with E-state index in [1.54, 1.807) is 13.0 Å². The zero-order valence-corrected chi connectivity index (χ0v) is 9.10. The number of nitrogens with one attached hydrogen (secondary N) is 1. The molecule has 1 saturated heterocycles. The van der Waals surface area contributed by atoms with Crippen molar-refractivity contribution in [2.75, 3.05) is 13.1 Å². The van der Waals surface area contributed by atoms with Gasteiger partial charge >= 0.3 is 0 Å². The highest BCUT2D eigenvalue weighted by molar-refractivity contribution is 5.44. The maximum Gasteiger partial charge on any atom is 0.272 e. The first kappa shape index (κ1) is 11.0. The van der Waals surface area contributed by atoms with Crippen LogP contribution in [0, 0.1) is 17.0 Å². The smallest absolute Gasteiger partial charge is 0.272 e. The third-order valence-electron chi connectivity index (χ3n) is 2.83. The van der Waals surface area contributed by atoms with Crippen molar-refractivity contribution >= 4 is 5.69 Å². The molecule has 0 unspecified atom stereocenters. The Hall–Kier alpha value is -1.46. The van der Waals surface area contributed by atoms with Crippen LogP contribution in [0.1, 0.15) is 11.1 Å². The van der Waals surface area contributed by atoms with Crippen molar-refractivity contribution in [1.82, 2.24) is 5.32 Å². The summed E-state index contributed by atoms with van der Waals surface area (Å²) in [4.78, 5) is 10.4. The largest absolute Gasteiger partial charge is 0.371 e. The summed E-state index contributed by atoms with van der Waals surface area (Å²) in [6.07, 6.45) is 0.249. The molecule has 1 fully saturated rings. The summed E-state index contributed by atoms with van der Waals surface area (Å²) in [5, 5.41) is 13.8. The summed E-state index contributed by atoms with van der Waals surface area (Å²) < 4.78 is 5.59. The van der Waals surface area contributed by atoms with Crippen LogP contribution in [0.5, 0.6) is 0 Å². The number of nitrogens with zero attached hydrogens (tertiary/aromatic N) is 1. The quantitative estimate of drug-likeness (QED) is 0.617. The van der Waals surface area contributed by atoms with Crippen LogP contribution in [0.2, 0.25) is 0 Å². The van der Waals surface area contributed by atoms with Gasteiger partial charge in [0.1, 0.15) is 0 Å². The summed E-state index contributed by atoms with van der Waals surface area (Å²) in [6, 6.07) is 5.08. The summed E-state index contributed by atoms with van der Waals surface area (Å²) in [6.45, 7) is 3.94. The summed E-state index contributed by atoms with van der Waals surface area (Å²) in [7, 11) is 0. The Balaban J connectivity index is 2.07. The van der Waals surface area contributed by atoms with Crippen LogP contribution in [-0.4, -0.2) is 24.1 Å². The topological polar surface area (TPSA) is 64.4 Å². The van der Waals surface area contributed by atoms with Gasteiger partial charge in [-0.3, -0.25) is 10.1 Å². The first-order valence-electron chi connectivity index (χ1n) is 5.23. The zero-order chi connectivity index (χ0) is 11.5. The molecule has 0 aliphatic carbocycles. The maximum atomic E-state index is 10.7. The molecular weight excluding hydrogens is 208 g/mol. The van der Waals surface area contributed by atoms with E-state index in [4.69, 9.17) is 4.74 Å². The molecule has 1 aliphatic rings. The average Bonchev–Trinajstić information content (AvgIpc) is 2.17. The molecule has 1 N–H and O–H groups in total. The summed E-state index contributed by atoms with van der Waals surface area (Å²) in [5.74, 6) is 0. The number of nitro benzene ring substituents is 1. The Labute approximate surface area is 93.6 Å². The van der Waals surface area contributed by atoms with Crippen molar-refractivity contribution < 1.29 is 9.66 Å². The third kappa shape index (κ3) is 2.20. The lowest BCUT2D eigenvalue weighted by atomic mass is 10.1. The molecule has 86 valence electrons. The van der Waals surface area contributed by atoms with Gasteiger partial charge in [-0.2, -0.15) is 0 Å². The molecule has 1 aliphatic heterocycles. The van der Waals surface area contributed by atoms with Gasteiger partial charge in [-0.1, -0.05) is 12.1 Å². The van der Waals surface area contributed by atoms with Crippen molar-refractivity contribution in [3.63, 3.8) is 0 Å². The molecule has 1 aromatic rings. The molecule has 1 aromatic carbocycles. The fraction of sp³-hybridized carbons (Fsp3) is 0.455. The number of hydrogen-bond donors (Lipinski definition) is 1. The minimum atomic E-state index is -0.357. The monoisotopic (exact) mass is 222 g/mol. The van der Waals surface area contributed by atoms with E-state index in [0.717, 1.165) is 18.7 Å². The van der Waals surface area contributed by atoms with Crippen LogP contribution in [0.4, 0.5) is 5.69 Å². The maximum absolute atomic E-state index is 10.7. The molecule has 0 amide bonds. The van der Waals surface area contributed by atoms with E-state index in [2.05, 4.69) is 5.32 Å². The third-order valence-corrected chi connectivity index (χ3v) is 2.83. The van der Waals surface area contributed by atoms with Crippen LogP contribution < -0.4 is 5.32 Å². The van der Waals surface area contributed by atoms with E-state index in [-0.39, 0.29) is 16.7 Å². The van der Waals surface area contributed by atoms with Crippen molar-refractivity contribution in [2.24, 2.45) is 0 Å². The molecule has 1 heterocycles. The molecule has 2 rings (SSSR count). The van der Waals surface area contributed by atoms with Crippen LogP contribution >= 0.6 is 0 Å². The van der Waals surface area contributed by atoms with Crippen LogP contribution in [0.25, 0.3) is 0 Å². The molecule has 0 radical (unpaired) electrons. The van der Waals surface area contributed by atoms with Gasteiger partial charge in [0, 0.05) is 24.7 Å². The number of hydrogen-bond acceptors (Lipinski definition) is 4. The van der Waals surface area contributed by atoms with Crippen molar-refractivity contribution in [3.8, 4) is 0 Å². The van der Waals surface area contributed by atoms with Gasteiger partial charge in [-0.15, -0.1) is 0 Å². The summed E-state index contributed by atoms with van der Waals surface area (Å²) >= 11 is 0. The van der Waals surface area contributed by atoms with E-state index in [0.29, 0.717) is 12.2 Å². The molecule has 0 spiro atoms. The first-order valence-corrected chi connectivity index (χ1v) is 5.23. The van der Waals surface area contributed by atoms with E-state index < -0.39 is 0 Å². The van der Waals surface area contributed by atoms with Gasteiger partial charge in [0.25, 0.3) is 5.69 Å². The minimum Gasteiger partial charge on any atom is -0.371 e.